The van der Waals surface area contributed by atoms with Gasteiger partial charge in [0.15, 0.2) is 17.1 Å². The molecule has 14 nitrogen and oxygen atoms in total. The topological polar surface area (TPSA) is 156 Å². The number of ether oxygens (including phenoxy) is 2. The van der Waals surface area contributed by atoms with Gasteiger partial charge in [-0.15, -0.1) is 0 Å². The van der Waals surface area contributed by atoms with Crippen molar-refractivity contribution in [3.8, 4) is 5.82 Å². The molecule has 6 aromatic rings. The van der Waals surface area contributed by atoms with Gasteiger partial charge in [-0.25, -0.2) is 29.0 Å². The van der Waals surface area contributed by atoms with E-state index < -0.39 is 21.7 Å². The zero-order valence-electron chi connectivity index (χ0n) is 36.3. The van der Waals surface area contributed by atoms with Crippen LogP contribution >= 0.6 is 15.9 Å². The van der Waals surface area contributed by atoms with Crippen LogP contribution in [0.3, 0.4) is 0 Å². The highest BCUT2D eigenvalue weighted by molar-refractivity contribution is 9.10. The van der Waals surface area contributed by atoms with Crippen LogP contribution in [0.15, 0.2) is 53.8 Å². The van der Waals surface area contributed by atoms with Gasteiger partial charge in [0.2, 0.25) is 0 Å². The first-order chi connectivity index (χ1) is 27.4. The van der Waals surface area contributed by atoms with Crippen molar-refractivity contribution >= 4 is 77.1 Å². The van der Waals surface area contributed by atoms with Gasteiger partial charge >= 0.3 is 0 Å². The van der Waals surface area contributed by atoms with Crippen LogP contribution in [0.25, 0.3) is 39.0 Å². The number of carbonyl (C=O) groups excluding carboxylic acids is 2. The Bertz CT molecular complexity index is 2440. The fourth-order valence-corrected chi connectivity index (χ4v) is 7.57. The second kappa shape index (κ2) is 18.1. The molecule has 59 heavy (non-hydrogen) atoms. The average molecular weight is 910 g/mol. The van der Waals surface area contributed by atoms with E-state index in [2.05, 4.69) is 85.9 Å². The molecular weight excluding hydrogens is 852 g/mol. The Morgan fingerprint density at radius 2 is 1.24 bits per heavy atom. The summed E-state index contributed by atoms with van der Waals surface area (Å²) in [7, 11) is -2.34. The van der Waals surface area contributed by atoms with E-state index >= 15 is 0 Å². The lowest BCUT2D eigenvalue weighted by Crippen LogP contribution is -2.40. The number of fused-ring (bicyclic) bond motifs is 3. The fraction of sp³-hybridized carbons (Fsp3) is 0.488. The van der Waals surface area contributed by atoms with E-state index in [1.807, 2.05) is 46.1 Å². The lowest BCUT2D eigenvalue weighted by molar-refractivity contribution is 0.0879. The van der Waals surface area contributed by atoms with E-state index in [9.17, 15) is 14.0 Å². The minimum absolute atomic E-state index is 0.161. The molecule has 0 aliphatic heterocycles. The van der Waals surface area contributed by atoms with Crippen molar-refractivity contribution in [2.75, 3.05) is 13.2 Å². The second-order valence-corrected chi connectivity index (χ2v) is 31.2. The SMILES string of the molecule is CC(C)(C)NC(=O)c1cn(COCC[Si](C)(C)C)c2ncc(-n3ncc4ccc(F)cc43)nc12.CC(C)(C)NC(=O)c1cn(COCC[Si](C)(C)C)c2ncc(Br)nc12. The summed E-state index contributed by atoms with van der Waals surface area (Å²) >= 11 is 3.33. The predicted molar refractivity (Wildman–Crippen MR) is 240 cm³/mol. The summed E-state index contributed by atoms with van der Waals surface area (Å²) in [5.41, 5.74) is 2.94. The van der Waals surface area contributed by atoms with E-state index in [1.165, 1.54) is 16.8 Å². The molecule has 18 heteroatoms. The van der Waals surface area contributed by atoms with Crippen molar-refractivity contribution in [1.82, 2.24) is 49.5 Å². The number of halogens is 2. The predicted octanol–water partition coefficient (Wildman–Crippen LogP) is 8.78. The second-order valence-electron chi connectivity index (χ2n) is 19.2. The molecule has 5 heterocycles. The van der Waals surface area contributed by atoms with Gasteiger partial charge in [-0.2, -0.15) is 5.10 Å². The third kappa shape index (κ3) is 12.8. The zero-order valence-corrected chi connectivity index (χ0v) is 39.9. The third-order valence-corrected chi connectivity index (χ3v) is 12.5. The summed E-state index contributed by atoms with van der Waals surface area (Å²) in [6, 6.07) is 6.60. The quantitative estimate of drug-likeness (QED) is 0.0855. The lowest BCUT2D eigenvalue weighted by Gasteiger charge is -2.20. The van der Waals surface area contributed by atoms with E-state index in [4.69, 9.17) is 14.5 Å². The first-order valence-corrected chi connectivity index (χ1v) is 27.9. The summed E-state index contributed by atoms with van der Waals surface area (Å²) in [6.07, 6.45) is 8.35. The number of rotatable bonds is 13. The Morgan fingerprint density at radius 3 is 1.73 bits per heavy atom. The Hall–Kier alpha value is -4.37. The van der Waals surface area contributed by atoms with Crippen LogP contribution in [0.5, 0.6) is 0 Å². The van der Waals surface area contributed by atoms with Crippen molar-refractivity contribution in [3.63, 3.8) is 0 Å². The molecule has 2 N–H and O–H groups in total. The van der Waals surface area contributed by atoms with Crippen LogP contribution in [0.4, 0.5) is 4.39 Å². The van der Waals surface area contributed by atoms with Crippen LogP contribution in [0.1, 0.15) is 62.3 Å². The normalized spacial score (nSPS) is 12.6. The third-order valence-electron chi connectivity index (χ3n) is 8.76. The summed E-state index contributed by atoms with van der Waals surface area (Å²) in [5, 5.41) is 11.1. The highest BCUT2D eigenvalue weighted by Gasteiger charge is 2.24. The van der Waals surface area contributed by atoms with E-state index in [-0.39, 0.29) is 29.9 Å². The molecular formula is C41H58BrFN10O4Si2. The lowest BCUT2D eigenvalue weighted by atomic mass is 10.1. The first kappa shape index (κ1) is 45.7. The summed E-state index contributed by atoms with van der Waals surface area (Å²) < 4.78 is 31.4. The van der Waals surface area contributed by atoms with Gasteiger partial charge < -0.3 is 29.2 Å². The molecule has 0 unspecified atom stereocenters. The molecule has 0 atom stereocenters. The number of aromatic nitrogens is 8. The summed E-state index contributed by atoms with van der Waals surface area (Å²) in [5.74, 6) is -0.377. The average Bonchev–Trinajstić information content (AvgIpc) is 3.79. The number of amides is 2. The van der Waals surface area contributed by atoms with Crippen LogP contribution in [-0.4, -0.2) is 91.1 Å². The van der Waals surface area contributed by atoms with Crippen LogP contribution < -0.4 is 10.6 Å². The zero-order chi connectivity index (χ0) is 43.5. The van der Waals surface area contributed by atoms with Gasteiger partial charge in [-0.3, -0.25) is 9.59 Å². The molecule has 5 aromatic heterocycles. The largest absolute Gasteiger partial charge is 0.361 e. The van der Waals surface area contributed by atoms with E-state index in [1.54, 1.807) is 41.6 Å². The van der Waals surface area contributed by atoms with Crippen LogP contribution in [-0.2, 0) is 22.9 Å². The number of hydrogen-bond donors (Lipinski definition) is 2. The van der Waals surface area contributed by atoms with E-state index in [0.29, 0.717) is 69.3 Å². The van der Waals surface area contributed by atoms with Crippen molar-refractivity contribution < 1.29 is 23.5 Å². The van der Waals surface area contributed by atoms with Gasteiger partial charge in [0.25, 0.3) is 11.8 Å². The molecule has 1 aromatic carbocycles. The molecule has 0 saturated heterocycles. The standard InChI is InChI=1S/C24H31FN6O2Si.C17H27BrN4O2Si/c1-24(2,3)29-23(32)18-14-30(15-33-9-10-34(4,5)6)22-21(18)28-20(13-26-22)31-19-11-17(25)8-7-16(19)12-27-31;1-17(2,3)21-16(23)12-10-22(11-24-7-8-25(4,5)6)15-14(12)20-13(18)9-19-15/h7-8,11-14H,9-10,15H2,1-6H3,(H,29,32);9-10H,7-8,11H2,1-6H3,(H,21,23). The van der Waals surface area contributed by atoms with Crippen LogP contribution in [0, 0.1) is 5.82 Å². The molecule has 318 valence electrons. The van der Waals surface area contributed by atoms with E-state index in [0.717, 1.165) is 17.5 Å². The van der Waals surface area contributed by atoms with Gasteiger partial charge in [0.1, 0.15) is 34.9 Å². The smallest absolute Gasteiger partial charge is 0.255 e. The molecule has 0 aliphatic rings. The molecule has 6 rings (SSSR count). The van der Waals surface area contributed by atoms with Gasteiger partial charge in [0, 0.05) is 64.3 Å². The maximum absolute atomic E-state index is 13.9. The van der Waals surface area contributed by atoms with Gasteiger partial charge in [-0.05, 0) is 81.7 Å². The number of nitrogens with zero attached hydrogens (tertiary/aromatic N) is 8. The number of hydrogen-bond acceptors (Lipinski definition) is 9. The first-order valence-electron chi connectivity index (χ1n) is 19.7. The van der Waals surface area contributed by atoms with Crippen molar-refractivity contribution in [1.29, 1.82) is 0 Å². The minimum Gasteiger partial charge on any atom is -0.361 e. The highest BCUT2D eigenvalue weighted by atomic mass is 79.9. The van der Waals surface area contributed by atoms with Crippen molar-refractivity contribution in [2.45, 2.75) is 117 Å². The van der Waals surface area contributed by atoms with Gasteiger partial charge in [0.05, 0.1) is 35.2 Å². The molecule has 0 spiro atoms. The Balaban J connectivity index is 0.000000236. The Morgan fingerprint density at radius 1 is 0.746 bits per heavy atom. The maximum Gasteiger partial charge on any atom is 0.255 e. The van der Waals surface area contributed by atoms with Crippen molar-refractivity contribution in [3.05, 3.63) is 70.7 Å². The highest BCUT2D eigenvalue weighted by Crippen LogP contribution is 2.24. The number of benzene rings is 1. The Kier molecular flexibility index (Phi) is 14.0. The molecule has 0 saturated carbocycles. The Labute approximate surface area is 355 Å². The van der Waals surface area contributed by atoms with Crippen LogP contribution in [0.2, 0.25) is 51.4 Å². The number of nitrogens with one attached hydrogen (secondary N) is 2. The molecule has 2 amide bonds. The molecule has 0 aliphatic carbocycles. The monoisotopic (exact) mass is 908 g/mol. The maximum atomic E-state index is 13.9. The molecule has 0 bridgehead atoms. The van der Waals surface area contributed by atoms with Gasteiger partial charge in [-0.1, -0.05) is 39.3 Å². The van der Waals surface area contributed by atoms with Crippen molar-refractivity contribution in [2.24, 2.45) is 0 Å². The molecule has 0 radical (unpaired) electrons. The number of carbonyl (C=O) groups is 2. The fourth-order valence-electron chi connectivity index (χ4n) is 5.78. The minimum atomic E-state index is -1.22. The summed E-state index contributed by atoms with van der Waals surface area (Å²) in [6.45, 7) is 27.5. The molecule has 0 fully saturated rings. The summed E-state index contributed by atoms with van der Waals surface area (Å²) in [4.78, 5) is 43.9.